The van der Waals surface area contributed by atoms with E-state index < -0.39 is 6.10 Å². The molecule has 2 atom stereocenters. The molecule has 0 spiro atoms. The summed E-state index contributed by atoms with van der Waals surface area (Å²) in [6.07, 6.45) is -0.553. The minimum absolute atomic E-state index is 0.208. The third kappa shape index (κ3) is 6.02. The molecule has 2 aromatic rings. The lowest BCUT2D eigenvalue weighted by molar-refractivity contribution is 0.0973. The molecule has 124 valence electrons. The van der Waals surface area contributed by atoms with Crippen molar-refractivity contribution in [3.8, 4) is 16.9 Å². The Hall–Kier alpha value is -1.88. The first kappa shape index (κ1) is 17.5. The normalized spacial score (nSPS) is 13.5. The number of ether oxygens (including phenoxy) is 2. The van der Waals surface area contributed by atoms with Gasteiger partial charge in [0.2, 0.25) is 0 Å². The molecule has 0 aromatic heterocycles. The number of aliphatic hydroxyl groups is 1. The Labute approximate surface area is 138 Å². The van der Waals surface area contributed by atoms with Crippen molar-refractivity contribution in [1.29, 1.82) is 0 Å². The molecule has 4 nitrogen and oxygen atoms in total. The van der Waals surface area contributed by atoms with Gasteiger partial charge in [0.1, 0.15) is 18.5 Å². The van der Waals surface area contributed by atoms with Crippen LogP contribution in [0.15, 0.2) is 54.6 Å². The molecule has 0 fully saturated rings. The molecule has 0 saturated carbocycles. The highest BCUT2D eigenvalue weighted by atomic mass is 16.5. The average Bonchev–Trinajstić information content (AvgIpc) is 2.59. The third-order valence-corrected chi connectivity index (χ3v) is 3.52. The zero-order valence-corrected chi connectivity index (χ0v) is 13.7. The van der Waals surface area contributed by atoms with E-state index in [9.17, 15) is 5.11 Å². The van der Waals surface area contributed by atoms with Crippen LogP contribution in [0.1, 0.15) is 6.92 Å². The first-order chi connectivity index (χ1) is 11.2. The van der Waals surface area contributed by atoms with E-state index in [1.54, 1.807) is 7.11 Å². The number of benzene rings is 2. The summed E-state index contributed by atoms with van der Waals surface area (Å²) in [4.78, 5) is 0. The summed E-state index contributed by atoms with van der Waals surface area (Å²) in [6.45, 7) is 3.37. The van der Waals surface area contributed by atoms with E-state index in [0.717, 1.165) is 11.3 Å². The molecule has 2 N–H and O–H groups in total. The molecule has 0 unspecified atom stereocenters. The van der Waals surface area contributed by atoms with E-state index >= 15 is 0 Å². The maximum absolute atomic E-state index is 9.93. The molecule has 23 heavy (non-hydrogen) atoms. The molecule has 0 aliphatic rings. The smallest absolute Gasteiger partial charge is 0.119 e. The van der Waals surface area contributed by atoms with Gasteiger partial charge in [0.15, 0.2) is 0 Å². The van der Waals surface area contributed by atoms with Crippen LogP contribution in [0.3, 0.4) is 0 Å². The zero-order valence-electron chi connectivity index (χ0n) is 13.7. The predicted octanol–water partition coefficient (Wildman–Crippen LogP) is 2.72. The van der Waals surface area contributed by atoms with E-state index in [4.69, 9.17) is 9.47 Å². The van der Waals surface area contributed by atoms with E-state index in [1.807, 2.05) is 49.4 Å². The highest BCUT2D eigenvalue weighted by Gasteiger charge is 2.08. The van der Waals surface area contributed by atoms with E-state index in [2.05, 4.69) is 17.4 Å². The van der Waals surface area contributed by atoms with Crippen molar-refractivity contribution >= 4 is 0 Å². The van der Waals surface area contributed by atoms with Gasteiger partial charge in [-0.1, -0.05) is 42.5 Å². The number of rotatable bonds is 9. The lowest BCUT2D eigenvalue weighted by atomic mass is 10.1. The largest absolute Gasteiger partial charge is 0.491 e. The second kappa shape index (κ2) is 9.30. The Morgan fingerprint density at radius 2 is 1.61 bits per heavy atom. The molecular formula is C19H25NO3. The molecule has 0 aliphatic heterocycles. The fourth-order valence-corrected chi connectivity index (χ4v) is 2.27. The predicted molar refractivity (Wildman–Crippen MR) is 92.7 cm³/mol. The van der Waals surface area contributed by atoms with Gasteiger partial charge < -0.3 is 19.9 Å². The van der Waals surface area contributed by atoms with Crippen molar-refractivity contribution < 1.29 is 14.6 Å². The molecule has 0 heterocycles. The van der Waals surface area contributed by atoms with Crippen molar-refractivity contribution in [3.63, 3.8) is 0 Å². The van der Waals surface area contributed by atoms with Crippen LogP contribution in [-0.4, -0.2) is 44.1 Å². The molecule has 0 saturated heterocycles. The second-order valence-corrected chi connectivity index (χ2v) is 5.62. The van der Waals surface area contributed by atoms with E-state index in [-0.39, 0.29) is 12.6 Å². The quantitative estimate of drug-likeness (QED) is 0.747. The minimum atomic E-state index is -0.553. The van der Waals surface area contributed by atoms with Gasteiger partial charge in [-0.25, -0.2) is 0 Å². The zero-order chi connectivity index (χ0) is 16.5. The Bertz CT molecular complexity index is 557. The number of hydrogen-bond donors (Lipinski definition) is 2. The van der Waals surface area contributed by atoms with Crippen LogP contribution in [0.4, 0.5) is 0 Å². The van der Waals surface area contributed by atoms with Crippen LogP contribution in [0.25, 0.3) is 11.1 Å². The Balaban J connectivity index is 1.78. The summed E-state index contributed by atoms with van der Waals surface area (Å²) in [5.41, 5.74) is 2.32. The number of hydrogen-bond acceptors (Lipinski definition) is 4. The SMILES string of the molecule is COC[C@H](C)NC[C@@H](O)COc1ccc(-c2ccccc2)cc1. The Morgan fingerprint density at radius 1 is 0.957 bits per heavy atom. The van der Waals surface area contributed by atoms with Crippen LogP contribution < -0.4 is 10.1 Å². The number of methoxy groups -OCH3 is 1. The van der Waals surface area contributed by atoms with Gasteiger partial charge in [0, 0.05) is 19.7 Å². The van der Waals surface area contributed by atoms with Gasteiger partial charge in [0.25, 0.3) is 0 Å². The number of aliphatic hydroxyl groups excluding tert-OH is 1. The lowest BCUT2D eigenvalue weighted by Crippen LogP contribution is -2.38. The van der Waals surface area contributed by atoms with Crippen molar-refractivity contribution in [2.75, 3.05) is 26.9 Å². The van der Waals surface area contributed by atoms with Crippen LogP contribution in [0.2, 0.25) is 0 Å². The summed E-state index contributed by atoms with van der Waals surface area (Å²) in [5, 5.41) is 13.1. The van der Waals surface area contributed by atoms with E-state index in [0.29, 0.717) is 13.2 Å². The average molecular weight is 315 g/mol. The van der Waals surface area contributed by atoms with Crippen LogP contribution in [0, 0.1) is 0 Å². The summed E-state index contributed by atoms with van der Waals surface area (Å²) in [6, 6.07) is 18.3. The highest BCUT2D eigenvalue weighted by Crippen LogP contribution is 2.22. The first-order valence-corrected chi connectivity index (χ1v) is 7.87. The van der Waals surface area contributed by atoms with Gasteiger partial charge in [-0.15, -0.1) is 0 Å². The van der Waals surface area contributed by atoms with E-state index in [1.165, 1.54) is 5.56 Å². The third-order valence-electron chi connectivity index (χ3n) is 3.52. The van der Waals surface area contributed by atoms with Gasteiger partial charge >= 0.3 is 0 Å². The lowest BCUT2D eigenvalue weighted by Gasteiger charge is -2.17. The second-order valence-electron chi connectivity index (χ2n) is 5.62. The van der Waals surface area contributed by atoms with Crippen molar-refractivity contribution in [2.45, 2.75) is 19.1 Å². The van der Waals surface area contributed by atoms with Crippen molar-refractivity contribution in [1.82, 2.24) is 5.32 Å². The van der Waals surface area contributed by atoms with Gasteiger partial charge in [0.05, 0.1) is 6.61 Å². The monoisotopic (exact) mass is 315 g/mol. The molecular weight excluding hydrogens is 290 g/mol. The van der Waals surface area contributed by atoms with Crippen molar-refractivity contribution in [3.05, 3.63) is 54.6 Å². The Kier molecular flexibility index (Phi) is 7.07. The summed E-state index contributed by atoms with van der Waals surface area (Å²) in [5.74, 6) is 0.758. The van der Waals surface area contributed by atoms with Crippen LogP contribution >= 0.6 is 0 Å². The number of nitrogens with one attached hydrogen (secondary N) is 1. The van der Waals surface area contributed by atoms with Crippen LogP contribution in [-0.2, 0) is 4.74 Å². The molecule has 4 heteroatoms. The van der Waals surface area contributed by atoms with Gasteiger partial charge in [-0.3, -0.25) is 0 Å². The minimum Gasteiger partial charge on any atom is -0.491 e. The summed E-state index contributed by atoms with van der Waals surface area (Å²) < 4.78 is 10.7. The molecule has 0 amide bonds. The van der Waals surface area contributed by atoms with Gasteiger partial charge in [-0.2, -0.15) is 0 Å². The molecule has 2 rings (SSSR count). The van der Waals surface area contributed by atoms with Crippen LogP contribution in [0.5, 0.6) is 5.75 Å². The van der Waals surface area contributed by atoms with Gasteiger partial charge in [-0.05, 0) is 30.2 Å². The maximum Gasteiger partial charge on any atom is 0.119 e. The van der Waals surface area contributed by atoms with Crippen molar-refractivity contribution in [2.24, 2.45) is 0 Å². The molecule has 2 aromatic carbocycles. The first-order valence-electron chi connectivity index (χ1n) is 7.87. The molecule has 0 radical (unpaired) electrons. The topological polar surface area (TPSA) is 50.7 Å². The molecule has 0 aliphatic carbocycles. The maximum atomic E-state index is 9.93. The standard InChI is InChI=1S/C19H25NO3/c1-15(13-22-2)20-12-18(21)14-23-19-10-8-17(9-11-19)16-6-4-3-5-7-16/h3-11,15,18,20-21H,12-14H2,1-2H3/t15-,18+/m0/s1. The summed E-state index contributed by atoms with van der Waals surface area (Å²) >= 11 is 0. The highest BCUT2D eigenvalue weighted by molar-refractivity contribution is 5.63. The summed E-state index contributed by atoms with van der Waals surface area (Å²) in [7, 11) is 1.66. The fourth-order valence-electron chi connectivity index (χ4n) is 2.27. The Morgan fingerprint density at radius 3 is 2.26 bits per heavy atom. The fraction of sp³-hybridized carbons (Fsp3) is 0.368. The molecule has 0 bridgehead atoms.